The maximum atomic E-state index is 2.49. The van der Waals surface area contributed by atoms with Crippen molar-refractivity contribution < 1.29 is 56.9 Å². The molecule has 2 fully saturated rings. The highest BCUT2D eigenvalue weighted by atomic mass is 127. The Balaban J connectivity index is 0.00000312. The molecule has 2 saturated heterocycles. The third kappa shape index (κ3) is 11.4. The molecule has 0 N–H and O–H groups in total. The Labute approximate surface area is 199 Å². The van der Waals surface area contributed by atoms with Crippen LogP contribution in [-0.4, -0.2) is 62.3 Å². The summed E-state index contributed by atoms with van der Waals surface area (Å²) < 4.78 is 2.74. The Hall–Kier alpha value is 1.38. The van der Waals surface area contributed by atoms with Crippen LogP contribution in [-0.2, 0) is 0 Å². The van der Waals surface area contributed by atoms with Gasteiger partial charge in [-0.1, -0.05) is 25.7 Å². The van der Waals surface area contributed by atoms with E-state index in [1.54, 1.807) is 0 Å². The number of hydrogen-bond acceptors (Lipinski definition) is 0. The number of piperidine rings is 2. The lowest BCUT2D eigenvalue weighted by Crippen LogP contribution is -3.00. The summed E-state index contributed by atoms with van der Waals surface area (Å²) in [6.45, 7) is 8.65. The largest absolute Gasteiger partial charge is 1.00 e. The Kier molecular flexibility index (Phi) is 16.1. The molecule has 0 spiro atoms. The highest BCUT2D eigenvalue weighted by Gasteiger charge is 2.24. The minimum atomic E-state index is 0. The minimum absolute atomic E-state index is 0. The van der Waals surface area contributed by atoms with E-state index >= 15 is 0 Å². The predicted octanol–water partition coefficient (Wildman–Crippen LogP) is -0.624. The fraction of sp³-hybridized carbons (Fsp3) is 1.00. The summed E-state index contributed by atoms with van der Waals surface area (Å²) in [5.41, 5.74) is 0. The Morgan fingerprint density at radius 1 is 0.423 bits per heavy atom. The smallest absolute Gasteiger partial charge is 0.0784 e. The van der Waals surface area contributed by atoms with Crippen molar-refractivity contribution >= 4 is 0 Å². The number of halogens is 2. The number of nitrogens with zero attached hydrogens (tertiary/aromatic N) is 2. The van der Waals surface area contributed by atoms with Crippen molar-refractivity contribution in [1.29, 1.82) is 0 Å². The first-order chi connectivity index (χ1) is 11.6. The van der Waals surface area contributed by atoms with Crippen molar-refractivity contribution in [3.8, 4) is 0 Å². The number of unbranched alkanes of at least 4 members (excludes halogenated alkanes) is 7. The molecule has 0 bridgehead atoms. The predicted molar refractivity (Wildman–Crippen MR) is 106 cm³/mol. The monoisotopic (exact) mass is 592 g/mol. The van der Waals surface area contributed by atoms with Gasteiger partial charge in [0.05, 0.1) is 53.4 Å². The van der Waals surface area contributed by atoms with Gasteiger partial charge in [-0.3, -0.25) is 0 Å². The summed E-state index contributed by atoms with van der Waals surface area (Å²) in [6, 6.07) is 0. The first-order valence-corrected chi connectivity index (χ1v) is 11.3. The second-order valence-electron chi connectivity index (χ2n) is 9.53. The number of hydrogen-bond donors (Lipinski definition) is 0. The van der Waals surface area contributed by atoms with E-state index in [0.717, 1.165) is 0 Å². The molecule has 0 aromatic heterocycles. The van der Waals surface area contributed by atoms with E-state index in [1.807, 2.05) is 0 Å². The normalized spacial score (nSPS) is 21.5. The molecule has 0 radical (unpaired) electrons. The topological polar surface area (TPSA) is 0 Å². The van der Waals surface area contributed by atoms with E-state index in [-0.39, 0.29) is 48.0 Å². The molecule has 26 heavy (non-hydrogen) atoms. The van der Waals surface area contributed by atoms with Crippen LogP contribution in [0.2, 0.25) is 0 Å². The molecule has 2 rings (SSSR count). The summed E-state index contributed by atoms with van der Waals surface area (Å²) in [4.78, 5) is 0. The van der Waals surface area contributed by atoms with Gasteiger partial charge in [0.25, 0.3) is 0 Å². The summed E-state index contributed by atoms with van der Waals surface area (Å²) in [5, 5.41) is 0. The average molecular weight is 592 g/mol. The van der Waals surface area contributed by atoms with Gasteiger partial charge in [-0.15, -0.1) is 0 Å². The van der Waals surface area contributed by atoms with E-state index in [4.69, 9.17) is 0 Å². The highest BCUT2D eigenvalue weighted by molar-refractivity contribution is 4.54. The highest BCUT2D eigenvalue weighted by Crippen LogP contribution is 2.19. The van der Waals surface area contributed by atoms with Crippen molar-refractivity contribution in [2.75, 3.05) is 53.4 Å². The average Bonchev–Trinajstić information content (AvgIpc) is 2.58. The summed E-state index contributed by atoms with van der Waals surface area (Å²) in [6.07, 6.45) is 20.6. The van der Waals surface area contributed by atoms with Crippen LogP contribution in [0.25, 0.3) is 0 Å². The third-order valence-electron chi connectivity index (χ3n) is 6.94. The molecule has 2 nitrogen and oxygen atoms in total. The van der Waals surface area contributed by atoms with Gasteiger partial charge in [-0.2, -0.15) is 0 Å². The second-order valence-corrected chi connectivity index (χ2v) is 9.53. The van der Waals surface area contributed by atoms with Gasteiger partial charge < -0.3 is 56.9 Å². The molecular formula is C22H46I2N2. The zero-order valence-corrected chi connectivity index (χ0v) is 22.1. The summed E-state index contributed by atoms with van der Waals surface area (Å²) in [5.74, 6) is 0. The molecule has 2 aliphatic heterocycles. The standard InChI is InChI=1S/C22H46N2.2HI/c1-23(19-13-9-14-20-23)17-11-7-5-3-4-6-8-12-18-24(2)21-15-10-16-22-24;;/h3-22H2,1-2H3;2*1H/q+2;;/p-2. The molecule has 2 heterocycles. The lowest BCUT2D eigenvalue weighted by molar-refractivity contribution is -0.914. The fourth-order valence-electron chi connectivity index (χ4n) is 5.05. The lowest BCUT2D eigenvalue weighted by atomic mass is 10.0. The van der Waals surface area contributed by atoms with Crippen LogP contribution in [0.4, 0.5) is 0 Å². The van der Waals surface area contributed by atoms with E-state index in [2.05, 4.69) is 14.1 Å². The van der Waals surface area contributed by atoms with Crippen LogP contribution in [0.15, 0.2) is 0 Å². The van der Waals surface area contributed by atoms with Gasteiger partial charge in [0.1, 0.15) is 0 Å². The number of rotatable bonds is 11. The van der Waals surface area contributed by atoms with Gasteiger partial charge in [0, 0.05) is 0 Å². The van der Waals surface area contributed by atoms with Crippen LogP contribution < -0.4 is 48.0 Å². The third-order valence-corrected chi connectivity index (χ3v) is 6.94. The molecule has 0 aromatic rings. The van der Waals surface area contributed by atoms with Crippen LogP contribution in [0.3, 0.4) is 0 Å². The van der Waals surface area contributed by atoms with E-state index in [9.17, 15) is 0 Å². The SMILES string of the molecule is C[N+]1(CCCCCCCCCC[N+]2(C)CCCCC2)CCCCC1.[I-].[I-]. The zero-order chi connectivity index (χ0) is 17.1. The molecule has 158 valence electrons. The van der Waals surface area contributed by atoms with Crippen molar-refractivity contribution in [2.24, 2.45) is 0 Å². The molecule has 0 aromatic carbocycles. The molecular weight excluding hydrogens is 546 g/mol. The molecule has 0 amide bonds. The molecule has 4 heteroatoms. The van der Waals surface area contributed by atoms with Crippen LogP contribution in [0, 0.1) is 0 Å². The minimum Gasteiger partial charge on any atom is -1.00 e. The van der Waals surface area contributed by atoms with Crippen LogP contribution in [0.5, 0.6) is 0 Å². The van der Waals surface area contributed by atoms with Crippen molar-refractivity contribution in [3.05, 3.63) is 0 Å². The van der Waals surface area contributed by atoms with Crippen molar-refractivity contribution in [2.45, 2.75) is 89.9 Å². The van der Waals surface area contributed by atoms with Crippen LogP contribution >= 0.6 is 0 Å². The Bertz CT molecular complexity index is 292. The first kappa shape index (κ1) is 27.4. The maximum absolute atomic E-state index is 2.49. The van der Waals surface area contributed by atoms with Gasteiger partial charge in [0.15, 0.2) is 0 Å². The molecule has 0 unspecified atom stereocenters. The molecule has 0 aliphatic carbocycles. The second kappa shape index (κ2) is 15.3. The van der Waals surface area contributed by atoms with Gasteiger partial charge in [-0.25, -0.2) is 0 Å². The molecule has 0 atom stereocenters. The van der Waals surface area contributed by atoms with Crippen LogP contribution in [0.1, 0.15) is 89.9 Å². The first-order valence-electron chi connectivity index (χ1n) is 11.3. The number of quaternary nitrogens is 2. The summed E-state index contributed by atoms with van der Waals surface area (Å²) >= 11 is 0. The van der Waals surface area contributed by atoms with Gasteiger partial charge in [0.2, 0.25) is 0 Å². The lowest BCUT2D eigenvalue weighted by Gasteiger charge is -2.38. The number of likely N-dealkylation sites (tertiary alicyclic amines) is 2. The van der Waals surface area contributed by atoms with Gasteiger partial charge in [-0.05, 0) is 64.2 Å². The van der Waals surface area contributed by atoms with Gasteiger partial charge >= 0.3 is 0 Å². The fourth-order valence-corrected chi connectivity index (χ4v) is 5.05. The summed E-state index contributed by atoms with van der Waals surface area (Å²) in [7, 11) is 4.98. The van der Waals surface area contributed by atoms with E-state index < -0.39 is 0 Å². The molecule has 0 saturated carbocycles. The molecule has 2 aliphatic rings. The Morgan fingerprint density at radius 3 is 1.00 bits per heavy atom. The van der Waals surface area contributed by atoms with Crippen molar-refractivity contribution in [1.82, 2.24) is 0 Å². The Morgan fingerprint density at radius 2 is 0.692 bits per heavy atom. The maximum Gasteiger partial charge on any atom is 0.0784 e. The van der Waals surface area contributed by atoms with Crippen molar-refractivity contribution in [3.63, 3.8) is 0 Å². The zero-order valence-electron chi connectivity index (χ0n) is 17.8. The van der Waals surface area contributed by atoms with E-state index in [0.29, 0.717) is 0 Å². The van der Waals surface area contributed by atoms with E-state index in [1.165, 1.54) is 138 Å². The quantitative estimate of drug-likeness (QED) is 0.171.